The van der Waals surface area contributed by atoms with Crippen molar-refractivity contribution >= 4 is 33.2 Å². The lowest BCUT2D eigenvalue weighted by Crippen LogP contribution is -2.34. The zero-order valence-corrected chi connectivity index (χ0v) is 19.3. The standard InChI is InChI=1S/C24H23ClN2O4S/c1-31-21-9-10-22(23(14-21)15-3-6-18(25)7-4-15)24(28)26-19-8-5-16-11-20(13-17(16)12-19)27-32(2,29)30/h3-10,12,14,20,27H,11,13H2,1-2H3,(H,26,28). The summed E-state index contributed by atoms with van der Waals surface area (Å²) in [5, 5.41) is 3.58. The predicted molar refractivity (Wildman–Crippen MR) is 127 cm³/mol. The van der Waals surface area contributed by atoms with Crippen LogP contribution in [-0.4, -0.2) is 33.7 Å². The number of benzene rings is 3. The van der Waals surface area contributed by atoms with Gasteiger partial charge in [-0.3, -0.25) is 4.79 Å². The summed E-state index contributed by atoms with van der Waals surface area (Å²) in [5.74, 6) is 0.398. The fraction of sp³-hybridized carbons (Fsp3) is 0.208. The molecule has 0 saturated heterocycles. The third kappa shape index (κ3) is 5.12. The van der Waals surface area contributed by atoms with Crippen LogP contribution in [0.1, 0.15) is 21.5 Å². The quantitative estimate of drug-likeness (QED) is 0.563. The molecule has 32 heavy (non-hydrogen) atoms. The van der Waals surface area contributed by atoms with Crippen molar-refractivity contribution in [1.82, 2.24) is 4.72 Å². The van der Waals surface area contributed by atoms with Gasteiger partial charge in [0, 0.05) is 22.3 Å². The minimum atomic E-state index is -3.27. The van der Waals surface area contributed by atoms with E-state index in [1.807, 2.05) is 36.4 Å². The van der Waals surface area contributed by atoms with Gasteiger partial charge in [0.25, 0.3) is 5.91 Å². The van der Waals surface area contributed by atoms with Crippen LogP contribution in [0.4, 0.5) is 5.69 Å². The van der Waals surface area contributed by atoms with Gasteiger partial charge in [0.15, 0.2) is 0 Å². The van der Waals surface area contributed by atoms with Crippen LogP contribution in [0.2, 0.25) is 5.02 Å². The minimum absolute atomic E-state index is 0.163. The van der Waals surface area contributed by atoms with Gasteiger partial charge >= 0.3 is 0 Å². The predicted octanol–water partition coefficient (Wildman–Crippen LogP) is 4.28. The van der Waals surface area contributed by atoms with E-state index in [4.69, 9.17) is 16.3 Å². The van der Waals surface area contributed by atoms with Gasteiger partial charge in [0.05, 0.1) is 13.4 Å². The summed E-state index contributed by atoms with van der Waals surface area (Å²) in [6, 6.07) is 18.1. The Bertz CT molecular complexity index is 1270. The molecule has 3 aromatic rings. The summed E-state index contributed by atoms with van der Waals surface area (Å²) >= 11 is 6.02. The lowest BCUT2D eigenvalue weighted by Gasteiger charge is -2.13. The zero-order valence-electron chi connectivity index (χ0n) is 17.7. The van der Waals surface area contributed by atoms with Crippen molar-refractivity contribution in [2.75, 3.05) is 18.7 Å². The van der Waals surface area contributed by atoms with Crippen LogP contribution in [0.25, 0.3) is 11.1 Å². The van der Waals surface area contributed by atoms with E-state index in [9.17, 15) is 13.2 Å². The SMILES string of the molecule is COc1ccc(C(=O)Nc2ccc3c(c2)CC(NS(C)(=O)=O)C3)c(-c2ccc(Cl)cc2)c1. The molecule has 0 fully saturated rings. The first-order valence-electron chi connectivity index (χ1n) is 10.1. The molecule has 0 radical (unpaired) electrons. The van der Waals surface area contributed by atoms with Crippen LogP contribution in [0.5, 0.6) is 5.75 Å². The maximum absolute atomic E-state index is 13.2. The molecule has 0 bridgehead atoms. The highest BCUT2D eigenvalue weighted by Gasteiger charge is 2.24. The molecule has 0 aromatic heterocycles. The number of carbonyl (C=O) groups excluding carboxylic acids is 1. The second-order valence-corrected chi connectivity index (χ2v) is 10.1. The van der Waals surface area contributed by atoms with Gasteiger partial charge in [-0.25, -0.2) is 13.1 Å². The molecule has 1 atom stereocenters. The molecule has 1 amide bonds. The number of amides is 1. The van der Waals surface area contributed by atoms with E-state index in [1.54, 1.807) is 31.4 Å². The number of methoxy groups -OCH3 is 1. The zero-order chi connectivity index (χ0) is 22.9. The Balaban J connectivity index is 1.58. The number of sulfonamides is 1. The van der Waals surface area contributed by atoms with Crippen LogP contribution in [0.15, 0.2) is 60.7 Å². The van der Waals surface area contributed by atoms with E-state index in [0.717, 1.165) is 28.5 Å². The lowest BCUT2D eigenvalue weighted by atomic mass is 9.98. The number of fused-ring (bicyclic) bond motifs is 1. The van der Waals surface area contributed by atoms with Crippen LogP contribution >= 0.6 is 11.6 Å². The average Bonchev–Trinajstić information content (AvgIpc) is 3.13. The number of carbonyl (C=O) groups is 1. The first-order chi connectivity index (χ1) is 15.2. The van der Waals surface area contributed by atoms with E-state index in [0.29, 0.717) is 34.9 Å². The van der Waals surface area contributed by atoms with E-state index < -0.39 is 10.0 Å². The fourth-order valence-electron chi connectivity index (χ4n) is 4.00. The number of hydrogen-bond donors (Lipinski definition) is 2. The van der Waals surface area contributed by atoms with Crippen molar-refractivity contribution in [2.24, 2.45) is 0 Å². The highest BCUT2D eigenvalue weighted by molar-refractivity contribution is 7.88. The molecule has 4 rings (SSSR count). The monoisotopic (exact) mass is 470 g/mol. The third-order valence-electron chi connectivity index (χ3n) is 5.40. The third-order valence-corrected chi connectivity index (χ3v) is 6.42. The second-order valence-electron chi connectivity index (χ2n) is 7.85. The summed E-state index contributed by atoms with van der Waals surface area (Å²) in [6.45, 7) is 0. The van der Waals surface area contributed by atoms with Crippen molar-refractivity contribution < 1.29 is 17.9 Å². The molecular formula is C24H23ClN2O4S. The normalized spacial score (nSPS) is 15.3. The van der Waals surface area contributed by atoms with E-state index in [2.05, 4.69) is 10.0 Å². The van der Waals surface area contributed by atoms with Gasteiger partial charge in [-0.05, 0) is 77.6 Å². The molecule has 0 spiro atoms. The number of halogens is 1. The Labute approximate surface area is 192 Å². The first-order valence-corrected chi connectivity index (χ1v) is 12.3. The molecule has 0 aliphatic heterocycles. The van der Waals surface area contributed by atoms with Gasteiger partial charge in [0.1, 0.15) is 5.75 Å². The first kappa shape index (κ1) is 22.3. The summed E-state index contributed by atoms with van der Waals surface area (Å²) in [6.07, 6.45) is 2.38. The maximum Gasteiger partial charge on any atom is 0.256 e. The van der Waals surface area contributed by atoms with Gasteiger partial charge in [0.2, 0.25) is 10.0 Å². The smallest absolute Gasteiger partial charge is 0.256 e. The topological polar surface area (TPSA) is 84.5 Å². The Hall–Kier alpha value is -2.87. The van der Waals surface area contributed by atoms with Gasteiger partial charge in [-0.2, -0.15) is 0 Å². The van der Waals surface area contributed by atoms with Crippen molar-refractivity contribution in [1.29, 1.82) is 0 Å². The Morgan fingerprint density at radius 2 is 1.72 bits per heavy atom. The van der Waals surface area contributed by atoms with Gasteiger partial charge in [-0.15, -0.1) is 0 Å². The number of rotatable bonds is 6. The van der Waals surface area contributed by atoms with E-state index >= 15 is 0 Å². The van der Waals surface area contributed by atoms with Gasteiger partial charge in [-0.1, -0.05) is 29.8 Å². The van der Waals surface area contributed by atoms with Crippen molar-refractivity contribution in [3.05, 3.63) is 82.4 Å². The van der Waals surface area contributed by atoms with Crippen LogP contribution in [-0.2, 0) is 22.9 Å². The Kier molecular flexibility index (Phi) is 6.24. The molecular weight excluding hydrogens is 448 g/mol. The molecule has 1 aliphatic carbocycles. The van der Waals surface area contributed by atoms with Crippen LogP contribution < -0.4 is 14.8 Å². The molecule has 6 nitrogen and oxygen atoms in total. The number of nitrogens with one attached hydrogen (secondary N) is 2. The summed E-state index contributed by atoms with van der Waals surface area (Å²) in [4.78, 5) is 13.2. The van der Waals surface area contributed by atoms with E-state index in [1.165, 1.54) is 0 Å². The number of ether oxygens (including phenoxy) is 1. The Morgan fingerprint density at radius 1 is 1.00 bits per heavy atom. The highest BCUT2D eigenvalue weighted by Crippen LogP contribution is 2.31. The van der Waals surface area contributed by atoms with E-state index in [-0.39, 0.29) is 11.9 Å². The summed E-state index contributed by atoms with van der Waals surface area (Å²) in [5.41, 5.74) is 4.85. The minimum Gasteiger partial charge on any atom is -0.497 e. The van der Waals surface area contributed by atoms with Crippen molar-refractivity contribution in [2.45, 2.75) is 18.9 Å². The highest BCUT2D eigenvalue weighted by atomic mass is 35.5. The van der Waals surface area contributed by atoms with Crippen molar-refractivity contribution in [3.8, 4) is 16.9 Å². The molecule has 166 valence electrons. The van der Waals surface area contributed by atoms with Crippen LogP contribution in [0.3, 0.4) is 0 Å². The summed E-state index contributed by atoms with van der Waals surface area (Å²) in [7, 11) is -1.69. The van der Waals surface area contributed by atoms with Crippen LogP contribution in [0, 0.1) is 0 Å². The molecule has 0 saturated carbocycles. The fourth-order valence-corrected chi connectivity index (χ4v) is 4.90. The molecule has 1 unspecified atom stereocenters. The molecule has 0 heterocycles. The molecule has 2 N–H and O–H groups in total. The molecule has 3 aromatic carbocycles. The second kappa shape index (κ2) is 8.94. The number of anilines is 1. The largest absolute Gasteiger partial charge is 0.497 e. The molecule has 1 aliphatic rings. The van der Waals surface area contributed by atoms with Crippen molar-refractivity contribution in [3.63, 3.8) is 0 Å². The Morgan fingerprint density at radius 3 is 2.41 bits per heavy atom. The summed E-state index contributed by atoms with van der Waals surface area (Å²) < 4.78 is 31.1. The number of hydrogen-bond acceptors (Lipinski definition) is 4. The lowest BCUT2D eigenvalue weighted by molar-refractivity contribution is 0.102. The van der Waals surface area contributed by atoms with Gasteiger partial charge < -0.3 is 10.1 Å². The average molecular weight is 471 g/mol. The maximum atomic E-state index is 13.2. The molecule has 8 heteroatoms.